The second kappa shape index (κ2) is 4.87. The number of rotatable bonds is 3. The van der Waals surface area contributed by atoms with Crippen LogP contribution in [0.25, 0.3) is 0 Å². The number of benzene rings is 1. The van der Waals surface area contributed by atoms with E-state index in [1.807, 2.05) is 0 Å². The Kier molecular flexibility index (Phi) is 3.61. The Labute approximate surface area is 108 Å². The summed E-state index contributed by atoms with van der Waals surface area (Å²) in [6.45, 7) is 3.85. The van der Waals surface area contributed by atoms with Gasteiger partial charge in [-0.1, -0.05) is 18.2 Å². The minimum absolute atomic E-state index is 0.158. The molecule has 0 amide bonds. The summed E-state index contributed by atoms with van der Waals surface area (Å²) in [6, 6.07) is 6.89. The first-order chi connectivity index (χ1) is 8.42. The maximum absolute atomic E-state index is 12.2. The van der Waals surface area contributed by atoms with Gasteiger partial charge in [0.25, 0.3) is 0 Å². The average Bonchev–Trinajstić information content (AvgIpc) is 2.27. The molecule has 5 nitrogen and oxygen atoms in total. The summed E-state index contributed by atoms with van der Waals surface area (Å²) in [7, 11) is -3.55. The predicted octanol–water partition coefficient (Wildman–Crippen LogP) is 1.17. The molecule has 1 unspecified atom stereocenters. The second-order valence-electron chi connectivity index (χ2n) is 4.71. The number of para-hydroxylation sites is 1. The molecular weight excluding hydrogens is 252 g/mol. The Morgan fingerprint density at radius 3 is 2.72 bits per heavy atom. The highest BCUT2D eigenvalue weighted by atomic mass is 32.2. The second-order valence-corrected chi connectivity index (χ2v) is 6.34. The summed E-state index contributed by atoms with van der Waals surface area (Å²) >= 11 is 0. The van der Waals surface area contributed by atoms with Crippen LogP contribution >= 0.6 is 0 Å². The molecule has 0 radical (unpaired) electrons. The first kappa shape index (κ1) is 13.3. The molecule has 0 aliphatic carbocycles. The summed E-state index contributed by atoms with van der Waals surface area (Å²) in [4.78, 5) is 0. The van der Waals surface area contributed by atoms with E-state index in [9.17, 15) is 13.5 Å². The third-order valence-corrected chi connectivity index (χ3v) is 4.57. The Morgan fingerprint density at radius 2 is 2.06 bits per heavy atom. The van der Waals surface area contributed by atoms with Gasteiger partial charge in [-0.25, -0.2) is 0 Å². The van der Waals surface area contributed by atoms with Crippen LogP contribution in [0.5, 0.6) is 0 Å². The van der Waals surface area contributed by atoms with Gasteiger partial charge in [0.2, 0.25) is 0 Å². The summed E-state index contributed by atoms with van der Waals surface area (Å²) in [5.74, 6) is 0. The fourth-order valence-electron chi connectivity index (χ4n) is 2.12. The highest BCUT2D eigenvalue weighted by Gasteiger charge is 2.31. The van der Waals surface area contributed by atoms with E-state index in [4.69, 9.17) is 0 Å². The number of nitrogens with zero attached hydrogens (tertiary/aromatic N) is 1. The number of nitrogens with one attached hydrogen (secondary N) is 1. The van der Waals surface area contributed by atoms with Crippen molar-refractivity contribution in [1.29, 1.82) is 0 Å². The van der Waals surface area contributed by atoms with Crippen molar-refractivity contribution in [3.05, 3.63) is 29.8 Å². The molecule has 0 spiro atoms. The molecule has 2 rings (SSSR count). The topological polar surface area (TPSA) is 69.6 Å². The predicted molar refractivity (Wildman–Crippen MR) is 70.6 cm³/mol. The molecule has 0 aromatic heterocycles. The fraction of sp³-hybridized carbons (Fsp3) is 0.500. The van der Waals surface area contributed by atoms with Crippen molar-refractivity contribution < 1.29 is 13.5 Å². The van der Waals surface area contributed by atoms with Gasteiger partial charge in [-0.3, -0.25) is 4.31 Å². The van der Waals surface area contributed by atoms with Crippen LogP contribution in [-0.2, 0) is 10.2 Å². The van der Waals surface area contributed by atoms with Crippen molar-refractivity contribution in [2.24, 2.45) is 0 Å². The number of aliphatic hydroxyl groups is 1. The average molecular weight is 270 g/mol. The molecule has 1 aromatic rings. The van der Waals surface area contributed by atoms with Crippen LogP contribution in [0.2, 0.25) is 0 Å². The van der Waals surface area contributed by atoms with E-state index in [0.717, 1.165) is 0 Å². The number of hydrogen-bond acceptors (Lipinski definition) is 3. The Balaban J connectivity index is 2.40. The van der Waals surface area contributed by atoms with E-state index >= 15 is 0 Å². The Morgan fingerprint density at radius 1 is 1.39 bits per heavy atom. The lowest BCUT2D eigenvalue weighted by molar-refractivity contribution is 0.166. The molecule has 0 saturated carbocycles. The molecule has 1 aliphatic heterocycles. The van der Waals surface area contributed by atoms with Crippen molar-refractivity contribution in [2.75, 3.05) is 10.8 Å². The number of anilines is 1. The van der Waals surface area contributed by atoms with Gasteiger partial charge < -0.3 is 5.11 Å². The number of hydrogen-bond donors (Lipinski definition) is 2. The molecule has 18 heavy (non-hydrogen) atoms. The van der Waals surface area contributed by atoms with Crippen molar-refractivity contribution in [3.63, 3.8) is 0 Å². The minimum Gasteiger partial charge on any atom is -0.388 e. The Bertz CT molecular complexity index is 528. The number of fused-ring (bicyclic) bond motifs is 1. The van der Waals surface area contributed by atoms with E-state index in [2.05, 4.69) is 4.72 Å². The third kappa shape index (κ3) is 2.50. The lowest BCUT2D eigenvalue weighted by atomic mass is 10.0. The summed E-state index contributed by atoms with van der Waals surface area (Å²) in [6.07, 6.45) is -0.178. The molecule has 1 heterocycles. The van der Waals surface area contributed by atoms with Crippen molar-refractivity contribution >= 4 is 15.9 Å². The van der Waals surface area contributed by atoms with E-state index in [1.54, 1.807) is 38.1 Å². The molecule has 2 N–H and O–H groups in total. The molecule has 1 atom stereocenters. The van der Waals surface area contributed by atoms with Gasteiger partial charge >= 0.3 is 10.2 Å². The van der Waals surface area contributed by atoms with E-state index < -0.39 is 16.3 Å². The molecule has 6 heteroatoms. The molecule has 1 aromatic carbocycles. The van der Waals surface area contributed by atoms with Gasteiger partial charge in [-0.15, -0.1) is 0 Å². The first-order valence-corrected chi connectivity index (χ1v) is 7.43. The van der Waals surface area contributed by atoms with Crippen LogP contribution in [0.1, 0.15) is 31.9 Å². The number of aliphatic hydroxyl groups excluding tert-OH is 1. The highest BCUT2D eigenvalue weighted by Crippen LogP contribution is 2.34. The summed E-state index contributed by atoms with van der Waals surface area (Å²) in [5.41, 5.74) is 1.22. The molecule has 100 valence electrons. The molecule has 0 saturated heterocycles. The minimum atomic E-state index is -3.55. The maximum Gasteiger partial charge on any atom is 0.301 e. The largest absolute Gasteiger partial charge is 0.388 e. The van der Waals surface area contributed by atoms with Gasteiger partial charge in [0, 0.05) is 18.2 Å². The highest BCUT2D eigenvalue weighted by molar-refractivity contribution is 7.90. The maximum atomic E-state index is 12.2. The molecule has 1 aliphatic rings. The zero-order valence-electron chi connectivity index (χ0n) is 10.5. The standard InChI is InChI=1S/C12H18N2O3S/c1-9(2)13-18(16,17)14-8-7-12(15)10-5-3-4-6-11(10)14/h3-6,9,12-13,15H,7-8H2,1-2H3. The van der Waals surface area contributed by atoms with Crippen molar-refractivity contribution in [1.82, 2.24) is 4.72 Å². The van der Waals surface area contributed by atoms with Gasteiger partial charge in [0.15, 0.2) is 0 Å². The van der Waals surface area contributed by atoms with Crippen molar-refractivity contribution in [3.8, 4) is 0 Å². The monoisotopic (exact) mass is 270 g/mol. The summed E-state index contributed by atoms with van der Waals surface area (Å²) < 4.78 is 28.3. The summed E-state index contributed by atoms with van der Waals surface area (Å²) in [5, 5.41) is 9.88. The van der Waals surface area contributed by atoms with Gasteiger partial charge in [-0.05, 0) is 26.3 Å². The van der Waals surface area contributed by atoms with Crippen LogP contribution < -0.4 is 9.03 Å². The van der Waals surface area contributed by atoms with Gasteiger partial charge in [0.1, 0.15) is 0 Å². The zero-order valence-corrected chi connectivity index (χ0v) is 11.3. The lowest BCUT2D eigenvalue weighted by Gasteiger charge is -2.33. The smallest absolute Gasteiger partial charge is 0.301 e. The van der Waals surface area contributed by atoms with Crippen molar-refractivity contribution in [2.45, 2.75) is 32.4 Å². The third-order valence-electron chi connectivity index (χ3n) is 2.84. The molecule has 0 fully saturated rings. The van der Waals surface area contributed by atoms with Crippen LogP contribution in [0, 0.1) is 0 Å². The van der Waals surface area contributed by atoms with Crippen LogP contribution in [-0.4, -0.2) is 26.1 Å². The normalized spacial score (nSPS) is 20.0. The Hall–Kier alpha value is -1.11. The SMILES string of the molecule is CC(C)NS(=O)(=O)N1CCC(O)c2ccccc21. The molecule has 0 bridgehead atoms. The van der Waals surface area contributed by atoms with E-state index in [1.165, 1.54) is 4.31 Å². The van der Waals surface area contributed by atoms with Gasteiger partial charge in [-0.2, -0.15) is 13.1 Å². The van der Waals surface area contributed by atoms with Crippen LogP contribution in [0.4, 0.5) is 5.69 Å². The molecular formula is C12H18N2O3S. The zero-order chi connectivity index (χ0) is 13.3. The first-order valence-electron chi connectivity index (χ1n) is 5.99. The van der Waals surface area contributed by atoms with E-state index in [-0.39, 0.29) is 6.04 Å². The van der Waals surface area contributed by atoms with E-state index in [0.29, 0.717) is 24.2 Å². The lowest BCUT2D eigenvalue weighted by Crippen LogP contribution is -2.46. The quantitative estimate of drug-likeness (QED) is 0.866. The van der Waals surface area contributed by atoms with Gasteiger partial charge in [0.05, 0.1) is 11.8 Å². The van der Waals surface area contributed by atoms with Crippen LogP contribution in [0.3, 0.4) is 0 Å². The van der Waals surface area contributed by atoms with Crippen LogP contribution in [0.15, 0.2) is 24.3 Å². The fourth-order valence-corrected chi connectivity index (χ4v) is 3.62.